The quantitative estimate of drug-likeness (QED) is 0.718. The molecule has 0 saturated carbocycles. The van der Waals surface area contributed by atoms with Crippen LogP contribution in [0.25, 0.3) is 0 Å². The van der Waals surface area contributed by atoms with Crippen molar-refractivity contribution in [2.24, 2.45) is 0 Å². The van der Waals surface area contributed by atoms with E-state index in [0.29, 0.717) is 6.04 Å². The van der Waals surface area contributed by atoms with Crippen molar-refractivity contribution in [2.45, 2.75) is 26.3 Å². The van der Waals surface area contributed by atoms with Gasteiger partial charge in [-0.25, -0.2) is 0 Å². The second kappa shape index (κ2) is 8.86. The molecule has 4 nitrogen and oxygen atoms in total. The van der Waals surface area contributed by atoms with E-state index in [2.05, 4.69) is 48.0 Å². The highest BCUT2D eigenvalue weighted by molar-refractivity contribution is 4.72. The minimum Gasteiger partial charge on any atom is -0.315 e. The van der Waals surface area contributed by atoms with Crippen LogP contribution in [-0.2, 0) is 0 Å². The lowest BCUT2D eigenvalue weighted by Gasteiger charge is -2.32. The lowest BCUT2D eigenvalue weighted by molar-refractivity contribution is 0.155. The first-order chi connectivity index (χ1) is 8.63. The second-order valence-corrected chi connectivity index (χ2v) is 5.69. The highest BCUT2D eigenvalue weighted by Crippen LogP contribution is 2.02. The van der Waals surface area contributed by atoms with Gasteiger partial charge in [0.15, 0.2) is 0 Å². The van der Waals surface area contributed by atoms with Gasteiger partial charge in [-0.1, -0.05) is 6.92 Å². The van der Waals surface area contributed by atoms with Gasteiger partial charge in [-0.15, -0.1) is 0 Å². The summed E-state index contributed by atoms with van der Waals surface area (Å²) in [7, 11) is 4.32. The molecule has 1 fully saturated rings. The highest BCUT2D eigenvalue weighted by atomic mass is 15.2. The molecule has 0 amide bonds. The minimum absolute atomic E-state index is 0.648. The third kappa shape index (κ3) is 6.14. The van der Waals surface area contributed by atoms with E-state index in [-0.39, 0.29) is 0 Å². The molecule has 0 aromatic rings. The van der Waals surface area contributed by atoms with Crippen molar-refractivity contribution in [1.82, 2.24) is 20.0 Å². The molecule has 0 aromatic heterocycles. The molecule has 1 atom stereocenters. The molecule has 1 saturated heterocycles. The normalized spacial score (nSPS) is 20.3. The Kier molecular flexibility index (Phi) is 7.82. The summed E-state index contributed by atoms with van der Waals surface area (Å²) in [5.41, 5.74) is 0. The van der Waals surface area contributed by atoms with Crippen molar-refractivity contribution in [1.29, 1.82) is 0 Å². The first-order valence-corrected chi connectivity index (χ1v) is 7.45. The van der Waals surface area contributed by atoms with Gasteiger partial charge in [0.2, 0.25) is 0 Å². The molecule has 1 N–H and O–H groups in total. The Morgan fingerprint density at radius 3 is 2.67 bits per heavy atom. The van der Waals surface area contributed by atoms with Crippen molar-refractivity contribution in [3.8, 4) is 0 Å². The van der Waals surface area contributed by atoms with Crippen LogP contribution in [-0.4, -0.2) is 87.2 Å². The fraction of sp³-hybridized carbons (Fsp3) is 1.00. The van der Waals surface area contributed by atoms with Gasteiger partial charge in [-0.2, -0.15) is 0 Å². The number of nitrogens with zero attached hydrogens (tertiary/aromatic N) is 3. The molecule has 1 aliphatic heterocycles. The van der Waals surface area contributed by atoms with E-state index in [9.17, 15) is 0 Å². The maximum absolute atomic E-state index is 3.47. The summed E-state index contributed by atoms with van der Waals surface area (Å²) in [6, 6.07) is 0.648. The molecule has 18 heavy (non-hydrogen) atoms. The van der Waals surface area contributed by atoms with Crippen molar-refractivity contribution >= 4 is 0 Å². The van der Waals surface area contributed by atoms with Crippen LogP contribution in [0.15, 0.2) is 0 Å². The van der Waals surface area contributed by atoms with E-state index in [0.717, 1.165) is 19.6 Å². The molecule has 0 radical (unpaired) electrons. The SMILES string of the molecule is CCN(CCN1CCCNCC1)C(C)CN(C)C. The summed E-state index contributed by atoms with van der Waals surface area (Å²) in [4.78, 5) is 7.48. The molecule has 1 aliphatic rings. The molecule has 1 unspecified atom stereocenters. The molecule has 0 bridgehead atoms. The van der Waals surface area contributed by atoms with E-state index in [1.54, 1.807) is 0 Å². The number of rotatable bonds is 7. The Balaban J connectivity index is 2.28. The minimum atomic E-state index is 0.648. The molecular formula is C14H32N4. The van der Waals surface area contributed by atoms with Crippen molar-refractivity contribution in [3.63, 3.8) is 0 Å². The zero-order chi connectivity index (χ0) is 13.4. The fourth-order valence-electron chi connectivity index (χ4n) is 2.73. The summed E-state index contributed by atoms with van der Waals surface area (Å²) < 4.78 is 0. The Morgan fingerprint density at radius 2 is 2.00 bits per heavy atom. The van der Waals surface area contributed by atoms with Crippen LogP contribution in [0.2, 0.25) is 0 Å². The summed E-state index contributed by atoms with van der Waals surface area (Å²) >= 11 is 0. The van der Waals surface area contributed by atoms with E-state index >= 15 is 0 Å². The smallest absolute Gasteiger partial charge is 0.0195 e. The highest BCUT2D eigenvalue weighted by Gasteiger charge is 2.15. The van der Waals surface area contributed by atoms with Gasteiger partial charge in [0.05, 0.1) is 0 Å². The fourth-order valence-corrected chi connectivity index (χ4v) is 2.73. The van der Waals surface area contributed by atoms with Gasteiger partial charge in [0.25, 0.3) is 0 Å². The zero-order valence-corrected chi connectivity index (χ0v) is 12.8. The molecule has 4 heteroatoms. The van der Waals surface area contributed by atoms with E-state index in [4.69, 9.17) is 0 Å². The van der Waals surface area contributed by atoms with E-state index in [1.165, 1.54) is 39.1 Å². The standard InChI is InChI=1S/C14H32N4/c1-5-18(14(2)13-16(3)4)12-11-17-9-6-7-15-8-10-17/h14-15H,5-13H2,1-4H3. The van der Waals surface area contributed by atoms with Crippen LogP contribution < -0.4 is 5.32 Å². The van der Waals surface area contributed by atoms with Crippen molar-refractivity contribution in [3.05, 3.63) is 0 Å². The van der Waals surface area contributed by atoms with Gasteiger partial charge < -0.3 is 15.1 Å². The Hall–Kier alpha value is -0.160. The third-order valence-corrected chi connectivity index (χ3v) is 3.80. The van der Waals surface area contributed by atoms with Gasteiger partial charge in [-0.3, -0.25) is 4.90 Å². The Labute approximate surface area is 113 Å². The number of hydrogen-bond donors (Lipinski definition) is 1. The van der Waals surface area contributed by atoms with Gasteiger partial charge in [-0.05, 0) is 47.1 Å². The van der Waals surface area contributed by atoms with Crippen LogP contribution in [0.5, 0.6) is 0 Å². The molecule has 1 heterocycles. The topological polar surface area (TPSA) is 21.8 Å². The molecule has 0 aromatic carbocycles. The average Bonchev–Trinajstić information content (AvgIpc) is 2.57. The monoisotopic (exact) mass is 256 g/mol. The van der Waals surface area contributed by atoms with Crippen molar-refractivity contribution in [2.75, 3.05) is 66.5 Å². The Bertz CT molecular complexity index is 200. The van der Waals surface area contributed by atoms with E-state index < -0.39 is 0 Å². The summed E-state index contributed by atoms with van der Waals surface area (Å²) in [5.74, 6) is 0. The molecular weight excluding hydrogens is 224 g/mol. The lowest BCUT2D eigenvalue weighted by atomic mass is 10.2. The van der Waals surface area contributed by atoms with Gasteiger partial charge in [0.1, 0.15) is 0 Å². The summed E-state index contributed by atoms with van der Waals surface area (Å²) in [5, 5.41) is 3.47. The van der Waals surface area contributed by atoms with E-state index in [1.807, 2.05) is 0 Å². The average molecular weight is 256 g/mol. The number of nitrogens with one attached hydrogen (secondary N) is 1. The maximum atomic E-state index is 3.47. The lowest BCUT2D eigenvalue weighted by Crippen LogP contribution is -2.44. The number of likely N-dealkylation sites (N-methyl/N-ethyl adjacent to an activating group) is 2. The molecule has 0 spiro atoms. The predicted octanol–water partition coefficient (Wildman–Crippen LogP) is 0.554. The zero-order valence-electron chi connectivity index (χ0n) is 12.8. The summed E-state index contributed by atoms with van der Waals surface area (Å²) in [6.07, 6.45) is 1.29. The predicted molar refractivity (Wildman–Crippen MR) is 79.2 cm³/mol. The Morgan fingerprint density at radius 1 is 1.22 bits per heavy atom. The maximum Gasteiger partial charge on any atom is 0.0195 e. The molecule has 1 rings (SSSR count). The van der Waals surface area contributed by atoms with Crippen LogP contribution in [0.4, 0.5) is 0 Å². The van der Waals surface area contributed by atoms with Crippen LogP contribution in [0, 0.1) is 0 Å². The van der Waals surface area contributed by atoms with Crippen LogP contribution >= 0.6 is 0 Å². The molecule has 108 valence electrons. The van der Waals surface area contributed by atoms with Crippen LogP contribution in [0.3, 0.4) is 0 Å². The number of hydrogen-bond acceptors (Lipinski definition) is 4. The van der Waals surface area contributed by atoms with Gasteiger partial charge in [0, 0.05) is 38.8 Å². The first kappa shape index (κ1) is 15.9. The third-order valence-electron chi connectivity index (χ3n) is 3.80. The second-order valence-electron chi connectivity index (χ2n) is 5.69. The first-order valence-electron chi connectivity index (χ1n) is 7.45. The van der Waals surface area contributed by atoms with Crippen LogP contribution in [0.1, 0.15) is 20.3 Å². The largest absolute Gasteiger partial charge is 0.315 e. The summed E-state index contributed by atoms with van der Waals surface area (Å²) in [6.45, 7) is 14.1. The molecule has 0 aliphatic carbocycles. The van der Waals surface area contributed by atoms with Crippen molar-refractivity contribution < 1.29 is 0 Å². The van der Waals surface area contributed by atoms with Gasteiger partial charge >= 0.3 is 0 Å².